The normalized spacial score (nSPS) is 12.7. The van der Waals surface area contributed by atoms with Gasteiger partial charge in [-0.15, -0.1) is 0 Å². The van der Waals surface area contributed by atoms with Crippen LogP contribution in [-0.4, -0.2) is 48.7 Å². The van der Waals surface area contributed by atoms with Gasteiger partial charge < -0.3 is 10.5 Å². The van der Waals surface area contributed by atoms with Crippen LogP contribution >= 0.6 is 11.6 Å². The number of hydrazine groups is 1. The van der Waals surface area contributed by atoms with Crippen LogP contribution in [-0.2, 0) is 10.0 Å². The minimum absolute atomic E-state index is 0.0276. The number of hydrogen-bond donors (Lipinski definition) is 3. The van der Waals surface area contributed by atoms with Gasteiger partial charge in [0.05, 0.1) is 11.6 Å². The van der Waals surface area contributed by atoms with Crippen LogP contribution in [0.15, 0.2) is 17.2 Å². The molecule has 0 aromatic carbocycles. The van der Waals surface area contributed by atoms with Gasteiger partial charge in [-0.2, -0.15) is 17.5 Å². The largest absolute Gasteiger partial charge is 0.402 e. The number of anilines is 1. The lowest BCUT2D eigenvalue weighted by molar-refractivity contribution is -0.136. The second kappa shape index (κ2) is 6.75. The summed E-state index contributed by atoms with van der Waals surface area (Å²) >= 11 is 5.69. The van der Waals surface area contributed by atoms with Crippen molar-refractivity contribution >= 4 is 27.4 Å². The van der Waals surface area contributed by atoms with Gasteiger partial charge >= 0.3 is 6.18 Å². The number of pyridine rings is 1. The van der Waals surface area contributed by atoms with E-state index < -0.39 is 40.8 Å². The van der Waals surface area contributed by atoms with Gasteiger partial charge in [-0.1, -0.05) is 11.6 Å². The van der Waals surface area contributed by atoms with Crippen molar-refractivity contribution in [2.45, 2.75) is 11.1 Å². The number of nitrogens with zero attached hydrogens (tertiary/aromatic N) is 2. The lowest BCUT2D eigenvalue weighted by Crippen LogP contribution is -2.40. The van der Waals surface area contributed by atoms with Crippen molar-refractivity contribution in [2.75, 3.05) is 25.1 Å². The van der Waals surface area contributed by atoms with Gasteiger partial charge in [-0.05, 0) is 6.07 Å². The highest BCUT2D eigenvalue weighted by molar-refractivity contribution is 7.89. The van der Waals surface area contributed by atoms with Gasteiger partial charge in [-0.3, -0.25) is 0 Å². The Kier molecular flexibility index (Phi) is 5.75. The van der Waals surface area contributed by atoms with Crippen LogP contribution in [0, 0.1) is 0 Å². The first-order valence-corrected chi connectivity index (χ1v) is 7.23. The zero-order chi connectivity index (χ0) is 16.3. The Morgan fingerprint density at radius 1 is 1.48 bits per heavy atom. The van der Waals surface area contributed by atoms with E-state index in [0.717, 1.165) is 12.3 Å². The number of alkyl halides is 3. The summed E-state index contributed by atoms with van der Waals surface area (Å²) in [4.78, 5) is 3.05. The van der Waals surface area contributed by atoms with Gasteiger partial charge in [0.1, 0.15) is 11.4 Å². The molecule has 1 aromatic rings. The van der Waals surface area contributed by atoms with Crippen molar-refractivity contribution in [3.8, 4) is 0 Å². The van der Waals surface area contributed by atoms with Crippen LogP contribution in [0.4, 0.5) is 19.0 Å². The van der Waals surface area contributed by atoms with Crippen LogP contribution in [0.25, 0.3) is 0 Å². The number of aliphatic hydroxyl groups is 1. The molecule has 0 fully saturated rings. The van der Waals surface area contributed by atoms with Gasteiger partial charge in [0.25, 0.3) is 0 Å². The molecule has 0 spiro atoms. The van der Waals surface area contributed by atoms with E-state index in [0.29, 0.717) is 0 Å². The first-order valence-electron chi connectivity index (χ1n) is 5.41. The fourth-order valence-electron chi connectivity index (χ4n) is 1.41. The Morgan fingerprint density at radius 3 is 2.52 bits per heavy atom. The average molecular weight is 349 g/mol. The smallest absolute Gasteiger partial charge is 0.395 e. The van der Waals surface area contributed by atoms with Gasteiger partial charge in [0.2, 0.25) is 10.0 Å². The molecule has 4 N–H and O–H groups in total. The van der Waals surface area contributed by atoms with Gasteiger partial charge in [0.15, 0.2) is 5.82 Å². The molecule has 0 saturated carbocycles. The molecule has 0 aliphatic carbocycles. The molecule has 0 saturated heterocycles. The molecular formula is C9H12ClF3N4O3S. The summed E-state index contributed by atoms with van der Waals surface area (Å²) in [5.41, 5.74) is 2.10. The van der Waals surface area contributed by atoms with Crippen LogP contribution in [0.1, 0.15) is 0 Å². The summed E-state index contributed by atoms with van der Waals surface area (Å²) < 4.78 is 61.6. The third kappa shape index (κ3) is 4.68. The lowest BCUT2D eigenvalue weighted by atomic mass is 10.5. The molecular weight excluding hydrogens is 337 g/mol. The first-order chi connectivity index (χ1) is 9.61. The molecule has 0 atom stereocenters. The molecule has 120 valence electrons. The minimum atomic E-state index is -4.75. The number of halogens is 4. The summed E-state index contributed by atoms with van der Waals surface area (Å²) in [6.45, 7) is -3.21. The number of rotatable bonds is 6. The monoisotopic (exact) mass is 348 g/mol. The zero-order valence-electron chi connectivity index (χ0n) is 10.4. The molecule has 21 heavy (non-hydrogen) atoms. The quantitative estimate of drug-likeness (QED) is 0.512. The Morgan fingerprint density at radius 2 is 2.10 bits per heavy atom. The molecule has 0 unspecified atom stereocenters. The molecule has 1 aromatic heterocycles. The number of aliphatic hydroxyl groups excluding tert-OH is 1. The molecule has 0 aliphatic rings. The molecule has 0 radical (unpaired) electrons. The highest BCUT2D eigenvalue weighted by Gasteiger charge is 2.37. The summed E-state index contributed by atoms with van der Waals surface area (Å²) in [5, 5.41) is 8.57. The van der Waals surface area contributed by atoms with Crippen molar-refractivity contribution < 1.29 is 26.7 Å². The predicted molar refractivity (Wildman–Crippen MR) is 69.0 cm³/mol. The number of nitrogens with one attached hydrogen (secondary N) is 1. The van der Waals surface area contributed by atoms with Crippen molar-refractivity contribution in [3.63, 3.8) is 0 Å². The number of nitrogen functional groups attached to an aromatic ring is 1. The predicted octanol–water partition coefficient (Wildman–Crippen LogP) is 0.566. The third-order valence-corrected chi connectivity index (χ3v) is 4.39. The van der Waals surface area contributed by atoms with E-state index in [1.807, 2.05) is 0 Å². The Bertz CT molecular complexity index is 596. The Hall–Kier alpha value is -1.14. The van der Waals surface area contributed by atoms with E-state index >= 15 is 0 Å². The van der Waals surface area contributed by atoms with Crippen LogP contribution in [0.3, 0.4) is 0 Å². The SMILES string of the molecule is NNc1ncc(S(=O)(=O)N(CCO)CC(F)(F)F)cc1Cl. The second-order valence-electron chi connectivity index (χ2n) is 3.82. The van der Waals surface area contributed by atoms with E-state index in [1.165, 1.54) is 0 Å². The van der Waals surface area contributed by atoms with Crippen LogP contribution in [0.2, 0.25) is 5.02 Å². The van der Waals surface area contributed by atoms with Gasteiger partial charge in [-0.25, -0.2) is 19.2 Å². The fourth-order valence-corrected chi connectivity index (χ4v) is 3.09. The molecule has 0 bridgehead atoms. The number of nitrogens with two attached hydrogens (primary N) is 1. The highest BCUT2D eigenvalue weighted by atomic mass is 35.5. The lowest BCUT2D eigenvalue weighted by Gasteiger charge is -2.22. The molecule has 1 rings (SSSR count). The van der Waals surface area contributed by atoms with Crippen molar-refractivity contribution in [3.05, 3.63) is 17.3 Å². The van der Waals surface area contributed by atoms with Crippen LogP contribution in [0.5, 0.6) is 0 Å². The second-order valence-corrected chi connectivity index (χ2v) is 6.17. The maximum atomic E-state index is 12.4. The van der Waals surface area contributed by atoms with E-state index in [4.69, 9.17) is 22.6 Å². The van der Waals surface area contributed by atoms with E-state index in [2.05, 4.69) is 10.4 Å². The summed E-state index contributed by atoms with van der Waals surface area (Å²) in [6, 6.07) is 0.916. The Balaban J connectivity index is 3.19. The fraction of sp³-hybridized carbons (Fsp3) is 0.444. The average Bonchev–Trinajstić information content (AvgIpc) is 2.36. The minimum Gasteiger partial charge on any atom is -0.395 e. The van der Waals surface area contributed by atoms with E-state index in [9.17, 15) is 21.6 Å². The van der Waals surface area contributed by atoms with Crippen LogP contribution < -0.4 is 11.3 Å². The molecule has 7 nitrogen and oxygen atoms in total. The summed E-state index contributed by atoms with van der Waals surface area (Å²) in [5.74, 6) is 5.03. The van der Waals surface area contributed by atoms with Crippen molar-refractivity contribution in [1.82, 2.24) is 9.29 Å². The molecule has 0 aliphatic heterocycles. The third-order valence-electron chi connectivity index (χ3n) is 2.30. The maximum absolute atomic E-state index is 12.4. The standard InChI is InChI=1S/C9H12ClF3N4O3S/c10-7-3-6(4-15-8(7)16-14)21(19,20)17(1-2-18)5-9(11,12)13/h3-4,18H,1-2,5,14H2,(H,15,16). The summed E-state index contributed by atoms with van der Waals surface area (Å²) in [6.07, 6.45) is -3.94. The summed E-state index contributed by atoms with van der Waals surface area (Å²) in [7, 11) is -4.51. The van der Waals surface area contributed by atoms with Crippen molar-refractivity contribution in [1.29, 1.82) is 0 Å². The zero-order valence-corrected chi connectivity index (χ0v) is 12.0. The van der Waals surface area contributed by atoms with Crippen molar-refractivity contribution in [2.24, 2.45) is 5.84 Å². The molecule has 12 heteroatoms. The Labute approximate surface area is 123 Å². The highest BCUT2D eigenvalue weighted by Crippen LogP contribution is 2.26. The van der Waals surface area contributed by atoms with Gasteiger partial charge in [0, 0.05) is 12.7 Å². The number of aromatic nitrogens is 1. The number of hydrogen-bond acceptors (Lipinski definition) is 6. The molecule has 0 amide bonds. The maximum Gasteiger partial charge on any atom is 0.402 e. The first kappa shape index (κ1) is 17.9. The van der Waals surface area contributed by atoms with E-state index in [1.54, 1.807) is 0 Å². The number of sulfonamides is 1. The van der Waals surface area contributed by atoms with E-state index in [-0.39, 0.29) is 15.1 Å². The topological polar surface area (TPSA) is 109 Å². The molecule has 1 heterocycles.